The normalized spacial score (nSPS) is 12.0. The summed E-state index contributed by atoms with van der Waals surface area (Å²) in [7, 11) is 1.76. The van der Waals surface area contributed by atoms with Gasteiger partial charge in [-0.15, -0.1) is 11.3 Å². The monoisotopic (exact) mass is 304 g/mol. The zero-order valence-corrected chi connectivity index (χ0v) is 13.1. The first kappa shape index (κ1) is 15.5. The number of rotatable bonds is 6. The molecule has 1 amide bonds. The van der Waals surface area contributed by atoms with Gasteiger partial charge in [-0.1, -0.05) is 12.1 Å². The maximum atomic E-state index is 12.3. The summed E-state index contributed by atoms with van der Waals surface area (Å²) in [4.78, 5) is 15.2. The van der Waals surface area contributed by atoms with Crippen LogP contribution in [0.2, 0.25) is 0 Å². The molecule has 0 radical (unpaired) electrons. The van der Waals surface area contributed by atoms with E-state index in [0.717, 1.165) is 4.88 Å². The summed E-state index contributed by atoms with van der Waals surface area (Å²) in [5.74, 6) is 0.651. The number of nitrogens with two attached hydrogens (primary N) is 1. The molecule has 2 N–H and O–H groups in total. The zero-order valence-electron chi connectivity index (χ0n) is 12.3. The first-order valence-electron chi connectivity index (χ1n) is 6.84. The van der Waals surface area contributed by atoms with Crippen LogP contribution in [-0.4, -0.2) is 30.4 Å². The lowest BCUT2D eigenvalue weighted by Crippen LogP contribution is -2.39. The van der Waals surface area contributed by atoms with Crippen molar-refractivity contribution in [1.82, 2.24) is 4.90 Å². The van der Waals surface area contributed by atoms with Crippen molar-refractivity contribution in [2.24, 2.45) is 5.73 Å². The summed E-state index contributed by atoms with van der Waals surface area (Å²) in [5, 5.41) is 2.02. The molecular weight excluding hydrogens is 284 g/mol. The molecule has 0 fully saturated rings. The quantitative estimate of drug-likeness (QED) is 0.893. The van der Waals surface area contributed by atoms with Crippen molar-refractivity contribution in [1.29, 1.82) is 0 Å². The van der Waals surface area contributed by atoms with Gasteiger partial charge in [-0.2, -0.15) is 0 Å². The molecule has 21 heavy (non-hydrogen) atoms. The third-order valence-electron chi connectivity index (χ3n) is 3.36. The Bertz CT molecular complexity index is 584. The molecule has 1 unspecified atom stereocenters. The standard InChI is InChI=1S/C16H20N2O2S/c1-12(10-17)18(2)16(19)13-5-3-6-14(9-13)20-11-15-7-4-8-21-15/h3-9,12H,10-11,17H2,1-2H3. The molecule has 1 atom stereocenters. The third-order valence-corrected chi connectivity index (χ3v) is 4.21. The summed E-state index contributed by atoms with van der Waals surface area (Å²) < 4.78 is 5.72. The Kier molecular flexibility index (Phi) is 5.36. The van der Waals surface area contributed by atoms with Crippen LogP contribution in [0.3, 0.4) is 0 Å². The van der Waals surface area contributed by atoms with E-state index >= 15 is 0 Å². The number of hydrogen-bond donors (Lipinski definition) is 1. The van der Waals surface area contributed by atoms with Crippen LogP contribution in [0.25, 0.3) is 0 Å². The largest absolute Gasteiger partial charge is 0.488 e. The number of ether oxygens (including phenoxy) is 1. The number of amides is 1. The smallest absolute Gasteiger partial charge is 0.254 e. The molecule has 0 saturated heterocycles. The van der Waals surface area contributed by atoms with Crippen molar-refractivity contribution in [2.75, 3.05) is 13.6 Å². The van der Waals surface area contributed by atoms with Crippen molar-refractivity contribution in [3.63, 3.8) is 0 Å². The van der Waals surface area contributed by atoms with E-state index in [1.54, 1.807) is 35.4 Å². The molecule has 5 heteroatoms. The van der Waals surface area contributed by atoms with Gasteiger partial charge >= 0.3 is 0 Å². The first-order chi connectivity index (χ1) is 10.1. The topological polar surface area (TPSA) is 55.6 Å². The van der Waals surface area contributed by atoms with Gasteiger partial charge in [-0.05, 0) is 36.6 Å². The van der Waals surface area contributed by atoms with Crippen molar-refractivity contribution in [3.05, 3.63) is 52.2 Å². The molecule has 0 aliphatic carbocycles. The third kappa shape index (κ3) is 4.06. The number of carbonyl (C=O) groups excluding carboxylic acids is 1. The highest BCUT2D eigenvalue weighted by atomic mass is 32.1. The van der Waals surface area contributed by atoms with E-state index in [-0.39, 0.29) is 11.9 Å². The average Bonchev–Trinajstić information content (AvgIpc) is 3.04. The Morgan fingerprint density at radius 2 is 2.19 bits per heavy atom. The van der Waals surface area contributed by atoms with Gasteiger partial charge in [0.05, 0.1) is 0 Å². The summed E-state index contributed by atoms with van der Waals surface area (Å²) in [5.41, 5.74) is 6.22. The summed E-state index contributed by atoms with van der Waals surface area (Å²) in [6.45, 7) is 2.89. The highest BCUT2D eigenvalue weighted by Crippen LogP contribution is 2.18. The predicted octanol–water partition coefficient (Wildman–Crippen LogP) is 2.75. The van der Waals surface area contributed by atoms with Gasteiger partial charge < -0.3 is 15.4 Å². The lowest BCUT2D eigenvalue weighted by Gasteiger charge is -2.23. The molecular formula is C16H20N2O2S. The van der Waals surface area contributed by atoms with E-state index in [9.17, 15) is 4.79 Å². The van der Waals surface area contributed by atoms with E-state index in [4.69, 9.17) is 10.5 Å². The molecule has 112 valence electrons. The molecule has 0 aliphatic heterocycles. The molecule has 1 aromatic heterocycles. The minimum Gasteiger partial charge on any atom is -0.488 e. The van der Waals surface area contributed by atoms with Crippen LogP contribution in [0.15, 0.2) is 41.8 Å². The molecule has 0 saturated carbocycles. The zero-order chi connectivity index (χ0) is 15.2. The Balaban J connectivity index is 2.04. The predicted molar refractivity (Wildman–Crippen MR) is 85.7 cm³/mol. The maximum absolute atomic E-state index is 12.3. The summed E-state index contributed by atoms with van der Waals surface area (Å²) in [6, 6.07) is 11.3. The SMILES string of the molecule is CC(CN)N(C)C(=O)c1cccc(OCc2cccs2)c1. The van der Waals surface area contributed by atoms with Crippen LogP contribution in [0, 0.1) is 0 Å². The first-order valence-corrected chi connectivity index (χ1v) is 7.72. The van der Waals surface area contributed by atoms with Gasteiger partial charge in [-0.25, -0.2) is 0 Å². The number of thiophene rings is 1. The molecule has 2 rings (SSSR count). The fourth-order valence-electron chi connectivity index (χ4n) is 1.83. The Morgan fingerprint density at radius 3 is 2.86 bits per heavy atom. The van der Waals surface area contributed by atoms with Crippen molar-refractivity contribution < 1.29 is 9.53 Å². The molecule has 1 heterocycles. The molecule has 4 nitrogen and oxygen atoms in total. The van der Waals surface area contributed by atoms with Crippen molar-refractivity contribution in [3.8, 4) is 5.75 Å². The number of likely N-dealkylation sites (N-methyl/N-ethyl adjacent to an activating group) is 1. The Labute approximate surface area is 129 Å². The summed E-state index contributed by atoms with van der Waals surface area (Å²) in [6.07, 6.45) is 0. The molecule has 2 aromatic rings. The molecule has 1 aromatic carbocycles. The second-order valence-electron chi connectivity index (χ2n) is 4.90. The fraction of sp³-hybridized carbons (Fsp3) is 0.312. The van der Waals surface area contributed by atoms with E-state index < -0.39 is 0 Å². The fourth-order valence-corrected chi connectivity index (χ4v) is 2.45. The second-order valence-corrected chi connectivity index (χ2v) is 5.93. The Hall–Kier alpha value is -1.85. The van der Waals surface area contributed by atoms with Crippen molar-refractivity contribution >= 4 is 17.2 Å². The van der Waals surface area contributed by atoms with Gasteiger partial charge in [0.25, 0.3) is 5.91 Å². The van der Waals surface area contributed by atoms with Crippen LogP contribution in [0.5, 0.6) is 5.75 Å². The summed E-state index contributed by atoms with van der Waals surface area (Å²) >= 11 is 1.65. The van der Waals surface area contributed by atoms with Crippen LogP contribution >= 0.6 is 11.3 Å². The number of carbonyl (C=O) groups is 1. The van der Waals surface area contributed by atoms with Gasteiger partial charge in [0.1, 0.15) is 12.4 Å². The van der Waals surface area contributed by atoms with Gasteiger partial charge in [0.15, 0.2) is 0 Å². The van der Waals surface area contributed by atoms with Gasteiger partial charge in [0, 0.05) is 30.1 Å². The Morgan fingerprint density at radius 1 is 1.38 bits per heavy atom. The highest BCUT2D eigenvalue weighted by molar-refractivity contribution is 7.09. The molecule has 0 aliphatic rings. The molecule has 0 bridgehead atoms. The maximum Gasteiger partial charge on any atom is 0.254 e. The number of nitrogens with zero attached hydrogens (tertiary/aromatic N) is 1. The van der Waals surface area contributed by atoms with Crippen LogP contribution < -0.4 is 10.5 Å². The number of benzene rings is 1. The van der Waals surface area contributed by atoms with E-state index in [1.165, 1.54) is 0 Å². The minimum absolute atomic E-state index is 0.00759. The lowest BCUT2D eigenvalue weighted by atomic mass is 10.1. The van der Waals surface area contributed by atoms with Gasteiger partial charge in [-0.3, -0.25) is 4.79 Å². The van der Waals surface area contributed by atoms with Crippen molar-refractivity contribution in [2.45, 2.75) is 19.6 Å². The lowest BCUT2D eigenvalue weighted by molar-refractivity contribution is 0.0748. The minimum atomic E-state index is -0.0467. The van der Waals surface area contributed by atoms with Gasteiger partial charge in [0.2, 0.25) is 0 Å². The van der Waals surface area contributed by atoms with Crippen LogP contribution in [0.4, 0.5) is 0 Å². The van der Waals surface area contributed by atoms with E-state index in [2.05, 4.69) is 0 Å². The van der Waals surface area contributed by atoms with E-state index in [1.807, 2.05) is 36.6 Å². The molecule has 0 spiro atoms. The van der Waals surface area contributed by atoms with E-state index in [0.29, 0.717) is 24.5 Å². The van der Waals surface area contributed by atoms with Crippen LogP contribution in [-0.2, 0) is 6.61 Å². The van der Waals surface area contributed by atoms with Crippen LogP contribution in [0.1, 0.15) is 22.2 Å². The number of hydrogen-bond acceptors (Lipinski definition) is 4. The average molecular weight is 304 g/mol. The highest BCUT2D eigenvalue weighted by Gasteiger charge is 2.16. The second kappa shape index (κ2) is 7.24.